The lowest BCUT2D eigenvalue weighted by molar-refractivity contribution is 0.303. The Morgan fingerprint density at radius 1 is 1.23 bits per heavy atom. The smallest absolute Gasteiger partial charge is 0.0524 e. The molecule has 0 aromatic heterocycles. The average molecular weight is 192 g/mol. The Balaban J connectivity index is 2.02. The van der Waals surface area contributed by atoms with Gasteiger partial charge in [0, 0.05) is 0 Å². The van der Waals surface area contributed by atoms with Crippen LogP contribution in [0.1, 0.15) is 19.3 Å². The molecule has 0 aromatic rings. The third-order valence-corrected chi connectivity index (χ3v) is 8.98. The van der Waals surface area contributed by atoms with Gasteiger partial charge in [0.25, 0.3) is 0 Å². The van der Waals surface area contributed by atoms with Gasteiger partial charge in [0.05, 0.1) is 8.07 Å². The van der Waals surface area contributed by atoms with Crippen LogP contribution in [0.3, 0.4) is 0 Å². The normalized spacial score (nSPS) is 56.8. The Bertz CT molecular complexity index is 272. The van der Waals surface area contributed by atoms with Gasteiger partial charge in [-0.2, -0.15) is 0 Å². The molecule has 3 aliphatic carbocycles. The Morgan fingerprint density at radius 3 is 2.00 bits per heavy atom. The fourth-order valence-corrected chi connectivity index (χ4v) is 9.71. The van der Waals surface area contributed by atoms with Crippen LogP contribution in [0.4, 0.5) is 0 Å². The van der Waals surface area contributed by atoms with Gasteiger partial charge in [-0.05, 0) is 35.1 Å². The van der Waals surface area contributed by atoms with Crippen molar-refractivity contribution in [3.8, 4) is 0 Å². The first-order valence-electron chi connectivity index (χ1n) is 5.67. The predicted molar refractivity (Wildman–Crippen MR) is 59.5 cm³/mol. The van der Waals surface area contributed by atoms with E-state index in [-0.39, 0.29) is 0 Å². The molecule has 0 saturated heterocycles. The SMILES string of the molecule is C=CC12[C@H]3CCC[C@@H]1C32[Si](C)(C)C. The van der Waals surface area contributed by atoms with E-state index in [1.807, 2.05) is 0 Å². The fraction of sp³-hybridized carbons (Fsp3) is 0.833. The van der Waals surface area contributed by atoms with Crippen LogP contribution in [0.2, 0.25) is 24.7 Å². The molecule has 3 rings (SSSR count). The molecular formula is C12H20Si. The van der Waals surface area contributed by atoms with E-state index in [4.69, 9.17) is 0 Å². The van der Waals surface area contributed by atoms with Crippen molar-refractivity contribution in [1.29, 1.82) is 0 Å². The van der Waals surface area contributed by atoms with Crippen LogP contribution in [-0.2, 0) is 0 Å². The zero-order valence-corrected chi connectivity index (χ0v) is 10.1. The van der Waals surface area contributed by atoms with Crippen LogP contribution < -0.4 is 0 Å². The highest BCUT2D eigenvalue weighted by Gasteiger charge is 2.98. The van der Waals surface area contributed by atoms with Gasteiger partial charge in [-0.15, -0.1) is 6.58 Å². The molecule has 0 spiro atoms. The minimum atomic E-state index is -0.934. The summed E-state index contributed by atoms with van der Waals surface area (Å²) in [5.74, 6) is 2.14. The minimum Gasteiger partial charge on any atom is -0.102 e. The Morgan fingerprint density at radius 2 is 1.77 bits per heavy atom. The summed E-state index contributed by atoms with van der Waals surface area (Å²) in [6.07, 6.45) is 6.84. The molecule has 0 aromatic carbocycles. The second-order valence-electron chi connectivity index (χ2n) is 6.29. The summed E-state index contributed by atoms with van der Waals surface area (Å²) >= 11 is 0. The Kier molecular flexibility index (Phi) is 1.17. The third kappa shape index (κ3) is 0.538. The molecule has 2 unspecified atom stereocenters. The Hall–Kier alpha value is -0.0431. The maximum Gasteiger partial charge on any atom is 0.0524 e. The van der Waals surface area contributed by atoms with E-state index >= 15 is 0 Å². The first kappa shape index (κ1) is 8.28. The van der Waals surface area contributed by atoms with Gasteiger partial charge in [0.15, 0.2) is 0 Å². The molecule has 0 radical (unpaired) electrons. The van der Waals surface area contributed by atoms with E-state index in [0.717, 1.165) is 16.9 Å². The van der Waals surface area contributed by atoms with Crippen LogP contribution in [-0.4, -0.2) is 8.07 Å². The van der Waals surface area contributed by atoms with Crippen molar-refractivity contribution in [2.24, 2.45) is 17.3 Å². The number of fused-ring (bicyclic) bond motifs is 2. The molecule has 4 atom stereocenters. The molecule has 3 saturated carbocycles. The highest BCUT2D eigenvalue weighted by atomic mass is 28.3. The molecule has 0 aliphatic heterocycles. The minimum absolute atomic E-state index is 0.676. The summed E-state index contributed by atoms with van der Waals surface area (Å²) in [6, 6.07) is 0. The van der Waals surface area contributed by atoms with Gasteiger partial charge in [0.1, 0.15) is 0 Å². The highest BCUT2D eigenvalue weighted by Crippen LogP contribution is 3.05. The maximum absolute atomic E-state index is 4.10. The van der Waals surface area contributed by atoms with Gasteiger partial charge >= 0.3 is 0 Å². The van der Waals surface area contributed by atoms with Crippen LogP contribution in [0, 0.1) is 17.3 Å². The summed E-state index contributed by atoms with van der Waals surface area (Å²) in [7, 11) is -0.934. The number of hydrogen-bond acceptors (Lipinski definition) is 0. The van der Waals surface area contributed by atoms with E-state index in [1.54, 1.807) is 0 Å². The van der Waals surface area contributed by atoms with Crippen molar-refractivity contribution < 1.29 is 0 Å². The summed E-state index contributed by atoms with van der Waals surface area (Å²) in [5, 5.41) is 0.833. The van der Waals surface area contributed by atoms with Crippen molar-refractivity contribution in [2.75, 3.05) is 0 Å². The molecule has 0 amide bonds. The van der Waals surface area contributed by atoms with Crippen LogP contribution in [0.5, 0.6) is 0 Å². The molecule has 0 nitrogen and oxygen atoms in total. The van der Waals surface area contributed by atoms with Crippen LogP contribution >= 0.6 is 0 Å². The highest BCUT2D eigenvalue weighted by molar-refractivity contribution is 6.82. The van der Waals surface area contributed by atoms with E-state index in [0.29, 0.717) is 5.41 Å². The molecule has 0 bridgehead atoms. The predicted octanol–water partition coefficient (Wildman–Crippen LogP) is 3.68. The van der Waals surface area contributed by atoms with Gasteiger partial charge < -0.3 is 0 Å². The second kappa shape index (κ2) is 1.84. The number of hydrogen-bond donors (Lipinski definition) is 0. The summed E-state index contributed by atoms with van der Waals surface area (Å²) < 4.78 is 0. The number of allylic oxidation sites excluding steroid dienone is 1. The lowest BCUT2D eigenvalue weighted by atomic mass is 9.82. The van der Waals surface area contributed by atoms with Crippen molar-refractivity contribution in [3.63, 3.8) is 0 Å². The first-order valence-corrected chi connectivity index (χ1v) is 9.17. The summed E-state index contributed by atoms with van der Waals surface area (Å²) in [4.78, 5) is 0. The monoisotopic (exact) mass is 192 g/mol. The molecule has 0 heterocycles. The molecule has 3 aliphatic rings. The van der Waals surface area contributed by atoms with Gasteiger partial charge in [-0.3, -0.25) is 0 Å². The molecule has 72 valence electrons. The quantitative estimate of drug-likeness (QED) is 0.462. The maximum atomic E-state index is 4.10. The lowest BCUT2D eigenvalue weighted by Crippen LogP contribution is -2.32. The van der Waals surface area contributed by atoms with Gasteiger partial charge in [-0.25, -0.2) is 0 Å². The fourth-order valence-electron chi connectivity index (χ4n) is 5.25. The molecule has 1 heteroatoms. The molecule has 0 N–H and O–H groups in total. The topological polar surface area (TPSA) is 0 Å². The summed E-state index contributed by atoms with van der Waals surface area (Å²) in [5.41, 5.74) is 0.676. The second-order valence-corrected chi connectivity index (χ2v) is 11.6. The zero-order chi connectivity index (χ0) is 9.48. The van der Waals surface area contributed by atoms with Gasteiger partial charge in [0.2, 0.25) is 0 Å². The zero-order valence-electron chi connectivity index (χ0n) is 9.06. The van der Waals surface area contributed by atoms with E-state index in [1.165, 1.54) is 19.3 Å². The van der Waals surface area contributed by atoms with Crippen LogP contribution in [0.25, 0.3) is 0 Å². The van der Waals surface area contributed by atoms with Crippen molar-refractivity contribution >= 4 is 8.07 Å². The third-order valence-electron chi connectivity index (χ3n) is 5.37. The van der Waals surface area contributed by atoms with Crippen molar-refractivity contribution in [1.82, 2.24) is 0 Å². The molecule has 3 fully saturated rings. The first-order chi connectivity index (χ1) is 6.03. The summed E-state index contributed by atoms with van der Waals surface area (Å²) in [6.45, 7) is 11.8. The van der Waals surface area contributed by atoms with Crippen molar-refractivity contribution in [2.45, 2.75) is 43.9 Å². The van der Waals surface area contributed by atoms with E-state index < -0.39 is 8.07 Å². The van der Waals surface area contributed by atoms with Gasteiger partial charge in [-0.1, -0.05) is 32.1 Å². The van der Waals surface area contributed by atoms with Crippen molar-refractivity contribution in [3.05, 3.63) is 12.7 Å². The van der Waals surface area contributed by atoms with E-state index in [2.05, 4.69) is 32.3 Å². The van der Waals surface area contributed by atoms with E-state index in [9.17, 15) is 0 Å². The standard InChI is InChI=1S/C12H20Si/c1-5-11-9-7-6-8-10(11)12(9,11)13(2,3)4/h5,9-10H,1,6-8H2,2-4H3/t9-,10+,11?,12?. The number of rotatable bonds is 2. The van der Waals surface area contributed by atoms with Crippen LogP contribution in [0.15, 0.2) is 12.7 Å². The Labute approximate surface area is 82.4 Å². The lowest BCUT2D eigenvalue weighted by Gasteiger charge is -2.33. The molecular weight excluding hydrogens is 172 g/mol. The largest absolute Gasteiger partial charge is 0.102 e. The molecule has 13 heavy (non-hydrogen) atoms. The average Bonchev–Trinajstić information content (AvgIpc) is 2.88.